The van der Waals surface area contributed by atoms with E-state index in [0.717, 1.165) is 18.4 Å². The summed E-state index contributed by atoms with van der Waals surface area (Å²) >= 11 is 0. The zero-order valence-electron chi connectivity index (χ0n) is 12.4. The van der Waals surface area contributed by atoms with E-state index in [0.29, 0.717) is 19.3 Å². The van der Waals surface area contributed by atoms with Crippen molar-refractivity contribution >= 4 is 5.78 Å². The highest BCUT2D eigenvalue weighted by Gasteiger charge is 2.05. The Hall–Kier alpha value is -1.51. The Kier molecular flexibility index (Phi) is 7.78. The predicted molar refractivity (Wildman–Crippen MR) is 81.1 cm³/mol. The molecule has 0 radical (unpaired) electrons. The maximum atomic E-state index is 11.7. The van der Waals surface area contributed by atoms with Crippen LogP contribution in [0.4, 0.5) is 0 Å². The van der Waals surface area contributed by atoms with Gasteiger partial charge in [0.2, 0.25) is 0 Å². The Morgan fingerprint density at radius 2 is 1.65 bits per heavy atom. The van der Waals surface area contributed by atoms with Gasteiger partial charge in [0, 0.05) is 12.8 Å². The quantitative estimate of drug-likeness (QED) is 0.494. The summed E-state index contributed by atoms with van der Waals surface area (Å²) in [7, 11) is 0. The first-order chi connectivity index (χ1) is 9.63. The van der Waals surface area contributed by atoms with Crippen LogP contribution in [0, 0.1) is 0 Å². The van der Waals surface area contributed by atoms with E-state index in [1.807, 2.05) is 0 Å². The number of benzene rings is 1. The van der Waals surface area contributed by atoms with Crippen LogP contribution in [-0.2, 0) is 11.2 Å². The molecule has 0 aliphatic heterocycles. The molecular formula is C17H26O3. The third-order valence-electron chi connectivity index (χ3n) is 3.54. The number of Topliss-reactive ketones (excluding diaryl/α,β-unsaturated/α-hetero) is 1. The zero-order chi connectivity index (χ0) is 14.8. The Labute approximate surface area is 121 Å². The van der Waals surface area contributed by atoms with Crippen LogP contribution in [0.15, 0.2) is 18.2 Å². The largest absolute Gasteiger partial charge is 0.504 e. The molecule has 0 heterocycles. The van der Waals surface area contributed by atoms with Gasteiger partial charge in [0.25, 0.3) is 0 Å². The van der Waals surface area contributed by atoms with Crippen LogP contribution in [0.1, 0.15) is 63.9 Å². The first kappa shape index (κ1) is 16.5. The second-order valence-corrected chi connectivity index (χ2v) is 5.38. The van der Waals surface area contributed by atoms with Gasteiger partial charge in [-0.2, -0.15) is 0 Å². The number of hydrogen-bond acceptors (Lipinski definition) is 3. The highest BCUT2D eigenvalue weighted by molar-refractivity contribution is 5.78. The summed E-state index contributed by atoms with van der Waals surface area (Å²) in [6.45, 7) is 2.20. The smallest absolute Gasteiger partial charge is 0.157 e. The monoisotopic (exact) mass is 278 g/mol. The predicted octanol–water partition coefficient (Wildman–Crippen LogP) is 4.35. The minimum atomic E-state index is -0.120. The molecule has 1 aromatic carbocycles. The molecule has 0 fully saturated rings. The number of unbranched alkanes of at least 4 members (excludes halogenated alkanes) is 5. The molecule has 3 nitrogen and oxygen atoms in total. The van der Waals surface area contributed by atoms with E-state index in [4.69, 9.17) is 0 Å². The van der Waals surface area contributed by atoms with Crippen LogP contribution in [0.3, 0.4) is 0 Å². The molecule has 20 heavy (non-hydrogen) atoms. The SMILES string of the molecule is CCCCCCCCC(=O)CCc1ccc(O)c(O)c1. The molecule has 1 rings (SSSR count). The van der Waals surface area contributed by atoms with Gasteiger partial charge in [-0.1, -0.05) is 45.1 Å². The first-order valence-corrected chi connectivity index (χ1v) is 7.66. The Bertz CT molecular complexity index is 413. The van der Waals surface area contributed by atoms with E-state index >= 15 is 0 Å². The number of aryl methyl sites for hydroxylation is 1. The number of aromatic hydroxyl groups is 2. The van der Waals surface area contributed by atoms with Crippen molar-refractivity contribution in [2.45, 2.75) is 64.7 Å². The van der Waals surface area contributed by atoms with Gasteiger partial charge in [-0.3, -0.25) is 4.79 Å². The van der Waals surface area contributed by atoms with Gasteiger partial charge < -0.3 is 10.2 Å². The fourth-order valence-corrected chi connectivity index (χ4v) is 2.24. The van der Waals surface area contributed by atoms with E-state index in [1.165, 1.54) is 37.8 Å². The summed E-state index contributed by atoms with van der Waals surface area (Å²) in [4.78, 5) is 11.7. The Balaban J connectivity index is 2.15. The van der Waals surface area contributed by atoms with Crippen molar-refractivity contribution in [2.24, 2.45) is 0 Å². The lowest BCUT2D eigenvalue weighted by Crippen LogP contribution is -2.00. The van der Waals surface area contributed by atoms with Gasteiger partial charge in [0.1, 0.15) is 5.78 Å². The number of rotatable bonds is 10. The Morgan fingerprint density at radius 1 is 0.950 bits per heavy atom. The molecule has 0 unspecified atom stereocenters. The fraction of sp³-hybridized carbons (Fsp3) is 0.588. The molecule has 0 aromatic heterocycles. The fourth-order valence-electron chi connectivity index (χ4n) is 2.24. The van der Waals surface area contributed by atoms with Crippen LogP contribution in [-0.4, -0.2) is 16.0 Å². The second kappa shape index (κ2) is 9.40. The van der Waals surface area contributed by atoms with Gasteiger partial charge in [-0.15, -0.1) is 0 Å². The van der Waals surface area contributed by atoms with Crippen molar-refractivity contribution < 1.29 is 15.0 Å². The van der Waals surface area contributed by atoms with Crippen LogP contribution in [0.25, 0.3) is 0 Å². The van der Waals surface area contributed by atoms with E-state index in [2.05, 4.69) is 6.92 Å². The summed E-state index contributed by atoms with van der Waals surface area (Å²) < 4.78 is 0. The molecule has 0 saturated carbocycles. The van der Waals surface area contributed by atoms with E-state index in [-0.39, 0.29) is 17.3 Å². The van der Waals surface area contributed by atoms with Gasteiger partial charge in [0.15, 0.2) is 11.5 Å². The van der Waals surface area contributed by atoms with E-state index in [9.17, 15) is 15.0 Å². The summed E-state index contributed by atoms with van der Waals surface area (Å²) in [6.07, 6.45) is 8.98. The van der Waals surface area contributed by atoms with Crippen molar-refractivity contribution in [1.82, 2.24) is 0 Å². The lowest BCUT2D eigenvalue weighted by atomic mass is 10.0. The number of hydrogen-bond donors (Lipinski definition) is 2. The average molecular weight is 278 g/mol. The zero-order valence-corrected chi connectivity index (χ0v) is 12.4. The second-order valence-electron chi connectivity index (χ2n) is 5.38. The topological polar surface area (TPSA) is 57.5 Å². The van der Waals surface area contributed by atoms with Crippen LogP contribution in [0.5, 0.6) is 11.5 Å². The third kappa shape index (κ3) is 6.60. The number of phenolic OH excluding ortho intramolecular Hbond substituents is 2. The molecule has 0 atom stereocenters. The van der Waals surface area contributed by atoms with Gasteiger partial charge in [-0.25, -0.2) is 0 Å². The van der Waals surface area contributed by atoms with Crippen LogP contribution in [0.2, 0.25) is 0 Å². The summed E-state index contributed by atoms with van der Waals surface area (Å²) in [5.41, 5.74) is 0.886. The minimum Gasteiger partial charge on any atom is -0.504 e. The highest BCUT2D eigenvalue weighted by atomic mass is 16.3. The Morgan fingerprint density at radius 3 is 2.35 bits per heavy atom. The van der Waals surface area contributed by atoms with E-state index < -0.39 is 0 Å². The number of carbonyl (C=O) groups is 1. The minimum absolute atomic E-state index is 0.118. The molecule has 0 bridgehead atoms. The van der Waals surface area contributed by atoms with Crippen molar-refractivity contribution in [1.29, 1.82) is 0 Å². The van der Waals surface area contributed by atoms with Crippen molar-refractivity contribution in [3.05, 3.63) is 23.8 Å². The number of phenols is 2. The molecule has 0 amide bonds. The number of ketones is 1. The molecule has 112 valence electrons. The van der Waals surface area contributed by atoms with Crippen LogP contribution < -0.4 is 0 Å². The van der Waals surface area contributed by atoms with Gasteiger partial charge in [0.05, 0.1) is 0 Å². The maximum Gasteiger partial charge on any atom is 0.157 e. The summed E-state index contributed by atoms with van der Waals surface area (Å²) in [5, 5.41) is 18.6. The molecule has 0 aliphatic carbocycles. The standard InChI is InChI=1S/C17H26O3/c1-2-3-4-5-6-7-8-15(18)11-9-14-10-12-16(19)17(20)13-14/h10,12-13,19-20H,2-9,11H2,1H3. The molecule has 3 heteroatoms. The van der Waals surface area contributed by atoms with Crippen molar-refractivity contribution in [3.63, 3.8) is 0 Å². The molecular weight excluding hydrogens is 252 g/mol. The van der Waals surface area contributed by atoms with Crippen molar-refractivity contribution in [2.75, 3.05) is 0 Å². The normalized spacial score (nSPS) is 10.7. The molecule has 0 aliphatic rings. The summed E-state index contributed by atoms with van der Waals surface area (Å²) in [5.74, 6) is 0.0473. The van der Waals surface area contributed by atoms with E-state index in [1.54, 1.807) is 6.07 Å². The van der Waals surface area contributed by atoms with Gasteiger partial charge in [-0.05, 0) is 30.5 Å². The maximum absolute atomic E-state index is 11.7. The molecule has 1 aromatic rings. The van der Waals surface area contributed by atoms with Crippen molar-refractivity contribution in [3.8, 4) is 11.5 Å². The van der Waals surface area contributed by atoms with Crippen LogP contribution >= 0.6 is 0 Å². The lowest BCUT2D eigenvalue weighted by Gasteiger charge is -2.04. The lowest BCUT2D eigenvalue weighted by molar-refractivity contribution is -0.119. The van der Waals surface area contributed by atoms with Gasteiger partial charge >= 0.3 is 0 Å². The molecule has 0 spiro atoms. The highest BCUT2D eigenvalue weighted by Crippen LogP contribution is 2.25. The average Bonchev–Trinajstić information content (AvgIpc) is 2.44. The molecule has 0 saturated heterocycles. The first-order valence-electron chi connectivity index (χ1n) is 7.66. The third-order valence-corrected chi connectivity index (χ3v) is 3.54. The molecule has 2 N–H and O–H groups in total. The number of carbonyl (C=O) groups excluding carboxylic acids is 1. The summed E-state index contributed by atoms with van der Waals surface area (Å²) in [6, 6.07) is 4.73.